The zero-order valence-electron chi connectivity index (χ0n) is 13.1. The van der Waals surface area contributed by atoms with Crippen LogP contribution in [0, 0.1) is 6.92 Å². The van der Waals surface area contributed by atoms with Crippen molar-refractivity contribution in [2.75, 3.05) is 12.4 Å². The number of H-pyrrole nitrogens is 1. The number of aromatic nitrogens is 2. The maximum absolute atomic E-state index is 12.3. The zero-order valence-corrected chi connectivity index (χ0v) is 13.1. The third-order valence-electron chi connectivity index (χ3n) is 3.39. The van der Waals surface area contributed by atoms with Crippen LogP contribution in [0.5, 0.6) is 5.75 Å². The van der Waals surface area contributed by atoms with Gasteiger partial charge in [0.05, 0.1) is 24.6 Å². The van der Waals surface area contributed by atoms with Gasteiger partial charge < -0.3 is 10.1 Å². The molecule has 2 aromatic rings. The number of hydrogen-bond acceptors (Lipinski definition) is 3. The second-order valence-corrected chi connectivity index (χ2v) is 6.03. The van der Waals surface area contributed by atoms with E-state index in [-0.39, 0.29) is 11.3 Å². The Balaban J connectivity index is 2.34. The predicted molar refractivity (Wildman–Crippen MR) is 83.0 cm³/mol. The Hall–Kier alpha value is -2.30. The van der Waals surface area contributed by atoms with Crippen LogP contribution in [0.3, 0.4) is 0 Å². The Morgan fingerprint density at radius 1 is 1.33 bits per heavy atom. The molecule has 0 bridgehead atoms. The predicted octanol–water partition coefficient (Wildman–Crippen LogP) is 3.28. The monoisotopic (exact) mass is 287 g/mol. The van der Waals surface area contributed by atoms with Gasteiger partial charge in [0.2, 0.25) is 0 Å². The van der Waals surface area contributed by atoms with E-state index in [9.17, 15) is 4.79 Å². The minimum atomic E-state index is -0.203. The number of carbonyl (C=O) groups excluding carboxylic acids is 1. The van der Waals surface area contributed by atoms with E-state index in [2.05, 4.69) is 36.3 Å². The van der Waals surface area contributed by atoms with Crippen LogP contribution < -0.4 is 10.1 Å². The highest BCUT2D eigenvalue weighted by Crippen LogP contribution is 2.31. The van der Waals surface area contributed by atoms with E-state index < -0.39 is 0 Å². The number of rotatable bonds is 3. The lowest BCUT2D eigenvalue weighted by atomic mass is 9.87. The summed E-state index contributed by atoms with van der Waals surface area (Å²) in [6.45, 7) is 8.19. The van der Waals surface area contributed by atoms with Gasteiger partial charge in [0.25, 0.3) is 5.91 Å². The minimum absolute atomic E-state index is 0.00267. The van der Waals surface area contributed by atoms with Crippen molar-refractivity contribution in [2.45, 2.75) is 33.1 Å². The quantitative estimate of drug-likeness (QED) is 0.910. The van der Waals surface area contributed by atoms with Gasteiger partial charge in [-0.1, -0.05) is 26.8 Å². The average molecular weight is 287 g/mol. The number of carbonyl (C=O) groups is 1. The number of hydrogen-bond donors (Lipinski definition) is 2. The summed E-state index contributed by atoms with van der Waals surface area (Å²) in [4.78, 5) is 12.3. The molecule has 21 heavy (non-hydrogen) atoms. The normalized spacial score (nSPS) is 11.3. The molecule has 5 heteroatoms. The molecule has 5 nitrogen and oxygen atoms in total. The molecule has 112 valence electrons. The molecule has 0 saturated carbocycles. The third kappa shape index (κ3) is 3.24. The molecule has 0 unspecified atom stereocenters. The van der Waals surface area contributed by atoms with E-state index in [0.717, 1.165) is 11.3 Å². The minimum Gasteiger partial charge on any atom is -0.495 e. The molecular formula is C16H21N3O2. The van der Waals surface area contributed by atoms with Crippen molar-refractivity contribution in [2.24, 2.45) is 0 Å². The molecule has 0 radical (unpaired) electrons. The number of nitrogens with zero attached hydrogens (tertiary/aromatic N) is 1. The smallest absolute Gasteiger partial charge is 0.259 e. The summed E-state index contributed by atoms with van der Waals surface area (Å²) >= 11 is 0. The first-order valence-corrected chi connectivity index (χ1v) is 6.83. The van der Waals surface area contributed by atoms with E-state index in [4.69, 9.17) is 4.74 Å². The highest BCUT2D eigenvalue weighted by atomic mass is 16.5. The summed E-state index contributed by atoms with van der Waals surface area (Å²) in [5.74, 6) is 0.433. The fourth-order valence-corrected chi connectivity index (χ4v) is 2.04. The number of methoxy groups -OCH3 is 1. The molecule has 0 aliphatic carbocycles. The van der Waals surface area contributed by atoms with Crippen LogP contribution in [-0.2, 0) is 5.41 Å². The maximum atomic E-state index is 12.3. The summed E-state index contributed by atoms with van der Waals surface area (Å²) in [7, 11) is 1.59. The molecule has 0 fully saturated rings. The first kappa shape index (κ1) is 15.1. The number of amides is 1. The number of aryl methyl sites for hydroxylation is 1. The second-order valence-electron chi connectivity index (χ2n) is 6.03. The Bertz CT molecular complexity index is 654. The van der Waals surface area contributed by atoms with Crippen molar-refractivity contribution in [3.8, 4) is 5.75 Å². The highest BCUT2D eigenvalue weighted by molar-refractivity contribution is 6.05. The van der Waals surface area contributed by atoms with Gasteiger partial charge in [0.1, 0.15) is 5.75 Å². The van der Waals surface area contributed by atoms with Crippen molar-refractivity contribution in [3.63, 3.8) is 0 Å². The van der Waals surface area contributed by atoms with Gasteiger partial charge in [0, 0.05) is 5.69 Å². The van der Waals surface area contributed by atoms with Crippen molar-refractivity contribution in [1.29, 1.82) is 0 Å². The van der Waals surface area contributed by atoms with Crippen LogP contribution in [0.25, 0.3) is 0 Å². The Morgan fingerprint density at radius 2 is 2.05 bits per heavy atom. The summed E-state index contributed by atoms with van der Waals surface area (Å²) in [6.07, 6.45) is 1.52. The van der Waals surface area contributed by atoms with E-state index >= 15 is 0 Å². The SMILES string of the molecule is COc1ccc(C(C)(C)C)cc1NC(=O)c1cn[nH]c1C. The highest BCUT2D eigenvalue weighted by Gasteiger charge is 2.18. The lowest BCUT2D eigenvalue weighted by molar-refractivity contribution is 0.102. The first-order valence-electron chi connectivity index (χ1n) is 6.83. The number of aromatic amines is 1. The molecule has 0 saturated heterocycles. The van der Waals surface area contributed by atoms with Crippen LogP contribution in [0.2, 0.25) is 0 Å². The van der Waals surface area contributed by atoms with Crippen molar-refractivity contribution in [1.82, 2.24) is 10.2 Å². The van der Waals surface area contributed by atoms with Gasteiger partial charge in [-0.2, -0.15) is 5.10 Å². The molecule has 2 rings (SSSR count). The van der Waals surface area contributed by atoms with E-state index in [0.29, 0.717) is 17.0 Å². The second kappa shape index (κ2) is 5.60. The van der Waals surface area contributed by atoms with Gasteiger partial charge in [0.15, 0.2) is 0 Å². The van der Waals surface area contributed by atoms with E-state index in [1.54, 1.807) is 7.11 Å². The molecule has 1 amide bonds. The fourth-order valence-electron chi connectivity index (χ4n) is 2.04. The molecular weight excluding hydrogens is 266 g/mol. The third-order valence-corrected chi connectivity index (χ3v) is 3.39. The molecule has 0 aliphatic heterocycles. The number of ether oxygens (including phenoxy) is 1. The fraction of sp³-hybridized carbons (Fsp3) is 0.375. The molecule has 0 aliphatic rings. The zero-order chi connectivity index (χ0) is 15.6. The van der Waals surface area contributed by atoms with Crippen molar-refractivity contribution in [3.05, 3.63) is 41.2 Å². The Labute approximate surface area is 124 Å². The molecule has 1 heterocycles. The summed E-state index contributed by atoms with van der Waals surface area (Å²) < 4.78 is 5.32. The lowest BCUT2D eigenvalue weighted by Gasteiger charge is -2.21. The lowest BCUT2D eigenvalue weighted by Crippen LogP contribution is -2.15. The van der Waals surface area contributed by atoms with Gasteiger partial charge in [-0.25, -0.2) is 0 Å². The van der Waals surface area contributed by atoms with Gasteiger partial charge in [-0.3, -0.25) is 9.89 Å². The summed E-state index contributed by atoms with van der Waals surface area (Å²) in [5.41, 5.74) is 3.05. The number of nitrogens with one attached hydrogen (secondary N) is 2. The van der Waals surface area contributed by atoms with Crippen LogP contribution in [0.1, 0.15) is 42.4 Å². The van der Waals surface area contributed by atoms with Crippen molar-refractivity contribution < 1.29 is 9.53 Å². The Kier molecular flexibility index (Phi) is 4.02. The van der Waals surface area contributed by atoms with Crippen LogP contribution in [0.15, 0.2) is 24.4 Å². The average Bonchev–Trinajstić information content (AvgIpc) is 2.84. The summed E-state index contributed by atoms with van der Waals surface area (Å²) in [6, 6.07) is 5.84. The standard InChI is InChI=1S/C16H21N3O2/c1-10-12(9-17-19-10)15(20)18-13-8-11(16(2,3)4)6-7-14(13)21-5/h6-9H,1-5H3,(H,17,19)(H,18,20). The molecule has 2 N–H and O–H groups in total. The van der Waals surface area contributed by atoms with E-state index in [1.165, 1.54) is 6.20 Å². The van der Waals surface area contributed by atoms with Gasteiger partial charge in [-0.15, -0.1) is 0 Å². The van der Waals surface area contributed by atoms with Crippen molar-refractivity contribution >= 4 is 11.6 Å². The molecule has 1 aromatic heterocycles. The number of benzene rings is 1. The number of anilines is 1. The largest absolute Gasteiger partial charge is 0.495 e. The van der Waals surface area contributed by atoms with Crippen LogP contribution in [-0.4, -0.2) is 23.2 Å². The molecule has 1 aromatic carbocycles. The van der Waals surface area contributed by atoms with Crippen LogP contribution in [0.4, 0.5) is 5.69 Å². The van der Waals surface area contributed by atoms with Gasteiger partial charge >= 0.3 is 0 Å². The molecule has 0 atom stereocenters. The van der Waals surface area contributed by atoms with Crippen LogP contribution >= 0.6 is 0 Å². The van der Waals surface area contributed by atoms with Gasteiger partial charge in [-0.05, 0) is 30.0 Å². The maximum Gasteiger partial charge on any atom is 0.259 e. The van der Waals surface area contributed by atoms with E-state index in [1.807, 2.05) is 25.1 Å². The Morgan fingerprint density at radius 3 is 2.57 bits per heavy atom. The topological polar surface area (TPSA) is 67.0 Å². The first-order chi connectivity index (χ1) is 9.82. The summed E-state index contributed by atoms with van der Waals surface area (Å²) in [5, 5.41) is 9.52. The molecule has 0 spiro atoms.